The van der Waals surface area contributed by atoms with Crippen LogP contribution in [0, 0.1) is 5.82 Å². The van der Waals surface area contributed by atoms with Gasteiger partial charge in [0.25, 0.3) is 0 Å². The Labute approximate surface area is 199 Å². The van der Waals surface area contributed by atoms with Crippen LogP contribution in [0.25, 0.3) is 0 Å². The van der Waals surface area contributed by atoms with Crippen molar-refractivity contribution in [3.63, 3.8) is 0 Å². The van der Waals surface area contributed by atoms with E-state index < -0.39 is 0 Å². The highest BCUT2D eigenvalue weighted by Crippen LogP contribution is 2.29. The first-order valence-electron chi connectivity index (χ1n) is 11.4. The van der Waals surface area contributed by atoms with Crippen LogP contribution in [0.4, 0.5) is 10.1 Å². The van der Waals surface area contributed by atoms with Gasteiger partial charge in [0, 0.05) is 38.4 Å². The standard InChI is InChI=1S/C27H30FN3O3/c1-33-26-17-22(7-12-25(26)34-20-21-5-3-2-4-6-21)18-29-27(32)19-30-13-15-31(16-14-30)24-10-8-23(28)9-11-24/h2-12,17H,13-16,18-20H2,1H3,(H,29,32). The molecular weight excluding hydrogens is 433 g/mol. The van der Waals surface area contributed by atoms with E-state index >= 15 is 0 Å². The van der Waals surface area contributed by atoms with Crippen molar-refractivity contribution in [1.82, 2.24) is 10.2 Å². The summed E-state index contributed by atoms with van der Waals surface area (Å²) in [6.07, 6.45) is 0. The van der Waals surface area contributed by atoms with Crippen LogP contribution < -0.4 is 19.7 Å². The zero-order valence-electron chi connectivity index (χ0n) is 19.4. The van der Waals surface area contributed by atoms with Crippen LogP contribution in [0.2, 0.25) is 0 Å². The Bertz CT molecular complexity index is 1070. The topological polar surface area (TPSA) is 54.0 Å². The number of hydrogen-bond donors (Lipinski definition) is 1. The van der Waals surface area contributed by atoms with Gasteiger partial charge in [-0.3, -0.25) is 9.69 Å². The van der Waals surface area contributed by atoms with E-state index in [9.17, 15) is 9.18 Å². The second-order valence-corrected chi connectivity index (χ2v) is 8.28. The van der Waals surface area contributed by atoms with Crippen molar-refractivity contribution in [3.8, 4) is 11.5 Å². The van der Waals surface area contributed by atoms with Gasteiger partial charge in [0.2, 0.25) is 5.91 Å². The van der Waals surface area contributed by atoms with Gasteiger partial charge in [-0.2, -0.15) is 0 Å². The number of methoxy groups -OCH3 is 1. The molecule has 0 bridgehead atoms. The van der Waals surface area contributed by atoms with E-state index in [2.05, 4.69) is 15.1 Å². The molecule has 34 heavy (non-hydrogen) atoms. The molecule has 4 rings (SSSR count). The van der Waals surface area contributed by atoms with Crippen LogP contribution in [-0.2, 0) is 17.9 Å². The smallest absolute Gasteiger partial charge is 0.234 e. The average Bonchev–Trinajstić information content (AvgIpc) is 2.88. The van der Waals surface area contributed by atoms with Crippen LogP contribution >= 0.6 is 0 Å². The molecule has 0 aliphatic carbocycles. The number of halogens is 1. The SMILES string of the molecule is COc1cc(CNC(=O)CN2CCN(c3ccc(F)cc3)CC2)ccc1OCc1ccccc1. The van der Waals surface area contributed by atoms with Gasteiger partial charge < -0.3 is 19.7 Å². The summed E-state index contributed by atoms with van der Waals surface area (Å²) in [5.74, 6) is 1.06. The number of piperazine rings is 1. The highest BCUT2D eigenvalue weighted by molar-refractivity contribution is 5.78. The molecule has 7 heteroatoms. The fraction of sp³-hybridized carbons (Fsp3) is 0.296. The highest BCUT2D eigenvalue weighted by Gasteiger charge is 2.19. The summed E-state index contributed by atoms with van der Waals surface area (Å²) in [7, 11) is 1.61. The van der Waals surface area contributed by atoms with E-state index in [1.54, 1.807) is 19.2 Å². The molecule has 1 amide bonds. The molecule has 1 saturated heterocycles. The fourth-order valence-corrected chi connectivity index (χ4v) is 3.95. The number of carbonyl (C=O) groups excluding carboxylic acids is 1. The third-order valence-corrected chi connectivity index (χ3v) is 5.89. The van der Waals surface area contributed by atoms with E-state index in [1.165, 1.54) is 12.1 Å². The van der Waals surface area contributed by atoms with Gasteiger partial charge in [0.05, 0.1) is 13.7 Å². The lowest BCUT2D eigenvalue weighted by Crippen LogP contribution is -2.49. The summed E-state index contributed by atoms with van der Waals surface area (Å²) in [4.78, 5) is 16.8. The van der Waals surface area contributed by atoms with Crippen molar-refractivity contribution in [3.05, 3.63) is 89.7 Å². The van der Waals surface area contributed by atoms with Crippen molar-refractivity contribution in [2.45, 2.75) is 13.2 Å². The van der Waals surface area contributed by atoms with Crippen molar-refractivity contribution in [1.29, 1.82) is 0 Å². The summed E-state index contributed by atoms with van der Waals surface area (Å²) >= 11 is 0. The zero-order chi connectivity index (χ0) is 23.8. The second kappa shape index (κ2) is 11.5. The Morgan fingerprint density at radius 3 is 2.35 bits per heavy atom. The molecule has 0 aromatic heterocycles. The summed E-state index contributed by atoms with van der Waals surface area (Å²) in [5, 5.41) is 2.99. The van der Waals surface area contributed by atoms with Crippen LogP contribution in [0.15, 0.2) is 72.8 Å². The van der Waals surface area contributed by atoms with Gasteiger partial charge in [0.15, 0.2) is 11.5 Å². The Morgan fingerprint density at radius 2 is 1.65 bits per heavy atom. The number of carbonyl (C=O) groups is 1. The monoisotopic (exact) mass is 463 g/mol. The minimum Gasteiger partial charge on any atom is -0.493 e. The first-order valence-corrected chi connectivity index (χ1v) is 11.4. The number of ether oxygens (including phenoxy) is 2. The molecule has 3 aromatic carbocycles. The fourth-order valence-electron chi connectivity index (χ4n) is 3.95. The summed E-state index contributed by atoms with van der Waals surface area (Å²) < 4.78 is 24.5. The molecule has 1 heterocycles. The van der Waals surface area contributed by atoms with E-state index in [-0.39, 0.29) is 11.7 Å². The number of rotatable bonds is 9. The van der Waals surface area contributed by atoms with Gasteiger partial charge in [0.1, 0.15) is 12.4 Å². The van der Waals surface area contributed by atoms with E-state index in [0.717, 1.165) is 43.0 Å². The largest absolute Gasteiger partial charge is 0.493 e. The molecule has 1 N–H and O–H groups in total. The van der Waals surface area contributed by atoms with Gasteiger partial charge in [-0.15, -0.1) is 0 Å². The maximum absolute atomic E-state index is 13.1. The van der Waals surface area contributed by atoms with E-state index in [0.29, 0.717) is 31.2 Å². The molecule has 1 aliphatic rings. The lowest BCUT2D eigenvalue weighted by molar-refractivity contribution is -0.122. The van der Waals surface area contributed by atoms with Crippen LogP contribution in [-0.4, -0.2) is 50.6 Å². The normalized spacial score (nSPS) is 14.0. The van der Waals surface area contributed by atoms with Crippen LogP contribution in [0.1, 0.15) is 11.1 Å². The second-order valence-electron chi connectivity index (χ2n) is 8.28. The summed E-state index contributed by atoms with van der Waals surface area (Å²) in [6.45, 7) is 4.41. The van der Waals surface area contributed by atoms with Crippen molar-refractivity contribution >= 4 is 11.6 Å². The molecule has 6 nitrogen and oxygen atoms in total. The van der Waals surface area contributed by atoms with Gasteiger partial charge in [-0.1, -0.05) is 36.4 Å². The van der Waals surface area contributed by atoms with Crippen molar-refractivity contribution in [2.24, 2.45) is 0 Å². The maximum atomic E-state index is 13.1. The molecular formula is C27H30FN3O3. The zero-order valence-corrected chi connectivity index (χ0v) is 19.4. The number of amides is 1. The lowest BCUT2D eigenvalue weighted by Gasteiger charge is -2.35. The Kier molecular flexibility index (Phi) is 7.99. The van der Waals surface area contributed by atoms with Crippen LogP contribution in [0.3, 0.4) is 0 Å². The highest BCUT2D eigenvalue weighted by atomic mass is 19.1. The molecule has 0 atom stereocenters. The number of benzene rings is 3. The van der Waals surface area contributed by atoms with E-state index in [1.807, 2.05) is 48.5 Å². The van der Waals surface area contributed by atoms with Gasteiger partial charge in [-0.25, -0.2) is 4.39 Å². The Hall–Kier alpha value is -3.58. The Morgan fingerprint density at radius 1 is 0.912 bits per heavy atom. The van der Waals surface area contributed by atoms with Gasteiger partial charge in [-0.05, 0) is 47.5 Å². The number of hydrogen-bond acceptors (Lipinski definition) is 5. The van der Waals surface area contributed by atoms with Crippen LogP contribution in [0.5, 0.6) is 11.5 Å². The van der Waals surface area contributed by atoms with E-state index in [4.69, 9.17) is 9.47 Å². The molecule has 1 aliphatic heterocycles. The first-order chi connectivity index (χ1) is 16.6. The third-order valence-electron chi connectivity index (χ3n) is 5.89. The summed E-state index contributed by atoms with van der Waals surface area (Å²) in [6, 6.07) is 22.2. The molecule has 0 saturated carbocycles. The lowest BCUT2D eigenvalue weighted by atomic mass is 10.2. The Balaban J connectivity index is 1.22. The predicted molar refractivity (Wildman–Crippen MR) is 131 cm³/mol. The molecule has 1 fully saturated rings. The third kappa shape index (κ3) is 6.48. The molecule has 0 unspecified atom stereocenters. The summed E-state index contributed by atoms with van der Waals surface area (Å²) in [5.41, 5.74) is 3.04. The molecule has 178 valence electrons. The predicted octanol–water partition coefficient (Wildman–Crippen LogP) is 3.85. The maximum Gasteiger partial charge on any atom is 0.234 e. The number of nitrogens with one attached hydrogen (secondary N) is 1. The molecule has 0 spiro atoms. The minimum absolute atomic E-state index is 0.0152. The quantitative estimate of drug-likeness (QED) is 0.523. The average molecular weight is 464 g/mol. The minimum atomic E-state index is -0.231. The first kappa shape index (κ1) is 23.6. The number of nitrogens with zero attached hydrogens (tertiary/aromatic N) is 2. The van der Waals surface area contributed by atoms with Gasteiger partial charge >= 0.3 is 0 Å². The van der Waals surface area contributed by atoms with Crippen molar-refractivity contribution < 1.29 is 18.7 Å². The number of anilines is 1. The van der Waals surface area contributed by atoms with Crippen molar-refractivity contribution in [2.75, 3.05) is 44.7 Å². The molecule has 3 aromatic rings. The molecule has 0 radical (unpaired) electrons.